The van der Waals surface area contributed by atoms with Gasteiger partial charge in [0.15, 0.2) is 5.78 Å². The van der Waals surface area contributed by atoms with E-state index in [0.29, 0.717) is 12.1 Å². The van der Waals surface area contributed by atoms with Crippen LogP contribution < -0.4 is 0 Å². The maximum absolute atomic E-state index is 12.2. The van der Waals surface area contributed by atoms with E-state index in [-0.39, 0.29) is 17.7 Å². The normalized spacial score (nSPS) is 19.3. The van der Waals surface area contributed by atoms with E-state index < -0.39 is 5.97 Å². The fourth-order valence-electron chi connectivity index (χ4n) is 2.58. The number of carboxylic acid groups (broad SMARTS) is 1. The Morgan fingerprint density at radius 3 is 2.55 bits per heavy atom. The number of ketones is 1. The van der Waals surface area contributed by atoms with Gasteiger partial charge in [-0.25, -0.2) is 0 Å². The zero-order valence-corrected chi connectivity index (χ0v) is 11.8. The number of benzene rings is 1. The molecule has 1 N–H and O–H groups in total. The first-order valence-electron chi connectivity index (χ1n) is 6.64. The third kappa shape index (κ3) is 3.47. The number of carboxylic acids is 1. The summed E-state index contributed by atoms with van der Waals surface area (Å²) in [5.74, 6) is -0.950. The molecule has 4 nitrogen and oxygen atoms in total. The van der Waals surface area contributed by atoms with E-state index in [1.807, 2.05) is 18.2 Å². The Labute approximate surface area is 118 Å². The molecular weight excluding hydrogens is 254 g/mol. The van der Waals surface area contributed by atoms with E-state index in [2.05, 4.69) is 13.8 Å². The number of hydrogen-bond donors (Lipinski definition) is 1. The summed E-state index contributed by atoms with van der Waals surface area (Å²) in [5.41, 5.74) is 1.43. The monoisotopic (exact) mass is 273 g/mol. The van der Waals surface area contributed by atoms with Crippen LogP contribution in [0, 0.1) is 5.41 Å². The van der Waals surface area contributed by atoms with Gasteiger partial charge in [-0.3, -0.25) is 9.59 Å². The molecule has 0 bridgehead atoms. The van der Waals surface area contributed by atoms with Crippen molar-refractivity contribution in [2.24, 2.45) is 5.41 Å². The van der Waals surface area contributed by atoms with Gasteiger partial charge in [-0.1, -0.05) is 44.2 Å². The number of rotatable bonds is 4. The highest BCUT2D eigenvalue weighted by Crippen LogP contribution is 2.36. The molecule has 0 amide bonds. The van der Waals surface area contributed by atoms with Crippen LogP contribution >= 0.6 is 0 Å². The first-order valence-corrected chi connectivity index (χ1v) is 6.64. The summed E-state index contributed by atoms with van der Waals surface area (Å²) in [7, 11) is 0. The summed E-state index contributed by atoms with van der Waals surface area (Å²) in [5, 5.41) is 8.96. The van der Waals surface area contributed by atoms with Gasteiger partial charge in [-0.15, -0.1) is 0 Å². The van der Waals surface area contributed by atoms with Gasteiger partial charge in [0.05, 0.1) is 0 Å². The highest BCUT2D eigenvalue weighted by Gasteiger charge is 2.34. The molecule has 0 radical (unpaired) electrons. The molecule has 1 aliphatic rings. The average Bonchev–Trinajstić information content (AvgIpc) is 2.64. The zero-order chi connectivity index (χ0) is 14.8. The van der Waals surface area contributed by atoms with Gasteiger partial charge in [0, 0.05) is 23.9 Å². The Kier molecular flexibility index (Phi) is 3.93. The maximum atomic E-state index is 12.2. The van der Waals surface area contributed by atoms with E-state index >= 15 is 0 Å². The molecule has 1 saturated heterocycles. The predicted octanol–water partition coefficient (Wildman–Crippen LogP) is 2.57. The van der Waals surface area contributed by atoms with E-state index in [9.17, 15) is 9.59 Å². The summed E-state index contributed by atoms with van der Waals surface area (Å²) in [6.45, 7) is 4.76. The van der Waals surface area contributed by atoms with Crippen LogP contribution in [0.1, 0.15) is 30.6 Å². The lowest BCUT2D eigenvalue weighted by Crippen LogP contribution is -2.28. The van der Waals surface area contributed by atoms with Gasteiger partial charge in [0.2, 0.25) is 0 Å². The molecule has 0 aliphatic carbocycles. The minimum Gasteiger partial charge on any atom is -0.480 e. The lowest BCUT2D eigenvalue weighted by Gasteiger charge is -2.19. The Morgan fingerprint density at radius 2 is 1.95 bits per heavy atom. The number of likely N-dealkylation sites (tertiary alicyclic amines) is 1. The van der Waals surface area contributed by atoms with E-state index in [0.717, 1.165) is 12.1 Å². The van der Waals surface area contributed by atoms with Crippen LogP contribution in [0.2, 0.25) is 0 Å². The quantitative estimate of drug-likeness (QED) is 0.676. The van der Waals surface area contributed by atoms with E-state index in [1.165, 1.54) is 0 Å². The van der Waals surface area contributed by atoms with Crippen molar-refractivity contribution in [3.8, 4) is 0 Å². The van der Waals surface area contributed by atoms with E-state index in [1.54, 1.807) is 23.1 Å². The third-order valence-corrected chi connectivity index (χ3v) is 3.37. The summed E-state index contributed by atoms with van der Waals surface area (Å²) in [6, 6.07) is 9.03. The summed E-state index contributed by atoms with van der Waals surface area (Å²) >= 11 is 0. The van der Waals surface area contributed by atoms with Crippen LogP contribution in [-0.2, 0) is 4.79 Å². The molecule has 1 aromatic rings. The Bertz CT molecular complexity index is 546. The van der Waals surface area contributed by atoms with Gasteiger partial charge in [0.25, 0.3) is 0 Å². The summed E-state index contributed by atoms with van der Waals surface area (Å²) in [6.07, 6.45) is 2.30. The van der Waals surface area contributed by atoms with Gasteiger partial charge in [-0.2, -0.15) is 0 Å². The molecule has 20 heavy (non-hydrogen) atoms. The van der Waals surface area contributed by atoms with Crippen molar-refractivity contribution in [1.29, 1.82) is 0 Å². The fraction of sp³-hybridized carbons (Fsp3) is 0.375. The van der Waals surface area contributed by atoms with Gasteiger partial charge in [-0.05, 0) is 11.8 Å². The molecule has 0 saturated carbocycles. The second-order valence-corrected chi connectivity index (χ2v) is 5.96. The largest absolute Gasteiger partial charge is 0.480 e. The second kappa shape index (κ2) is 5.49. The topological polar surface area (TPSA) is 57.6 Å². The van der Waals surface area contributed by atoms with Crippen LogP contribution in [0.5, 0.6) is 0 Å². The van der Waals surface area contributed by atoms with Crippen LogP contribution in [0.4, 0.5) is 0 Å². The molecule has 1 heterocycles. The highest BCUT2D eigenvalue weighted by molar-refractivity contribution is 6.04. The maximum Gasteiger partial charge on any atom is 0.323 e. The summed E-state index contributed by atoms with van der Waals surface area (Å²) < 4.78 is 0. The van der Waals surface area contributed by atoms with Crippen LogP contribution in [0.25, 0.3) is 0 Å². The molecule has 1 aliphatic heterocycles. The van der Waals surface area contributed by atoms with Gasteiger partial charge >= 0.3 is 5.97 Å². The standard InChI is InChI=1S/C16H19NO3/c1-16(2)9-13(17(11-16)10-15(19)20)8-14(18)12-6-4-3-5-7-12/h3-8H,9-11H2,1-2H3,(H,19,20)/b13-8-. The molecule has 0 atom stereocenters. The molecular formula is C16H19NO3. The molecule has 1 aromatic carbocycles. The van der Waals surface area contributed by atoms with Crippen molar-refractivity contribution in [2.45, 2.75) is 20.3 Å². The van der Waals surface area contributed by atoms with Crippen molar-refractivity contribution in [1.82, 2.24) is 4.90 Å². The summed E-state index contributed by atoms with van der Waals surface area (Å²) in [4.78, 5) is 24.9. The molecule has 0 spiro atoms. The van der Waals surface area contributed by atoms with Crippen LogP contribution in [-0.4, -0.2) is 34.8 Å². The van der Waals surface area contributed by atoms with Crippen LogP contribution in [0.3, 0.4) is 0 Å². The predicted molar refractivity (Wildman–Crippen MR) is 76.5 cm³/mol. The lowest BCUT2D eigenvalue weighted by atomic mass is 9.92. The number of allylic oxidation sites excluding steroid dienone is 2. The van der Waals surface area contributed by atoms with Gasteiger partial charge in [0.1, 0.15) is 6.54 Å². The SMILES string of the molecule is CC1(C)C/C(=C/C(=O)c2ccccc2)N(CC(=O)O)C1. The molecule has 0 aromatic heterocycles. The number of hydrogen-bond acceptors (Lipinski definition) is 3. The van der Waals surface area contributed by atoms with Crippen molar-refractivity contribution in [3.05, 3.63) is 47.7 Å². The van der Waals surface area contributed by atoms with Crippen LogP contribution in [0.15, 0.2) is 42.1 Å². The minimum absolute atomic E-state index is 0.00173. The first-order chi connectivity index (χ1) is 9.37. The fourth-order valence-corrected chi connectivity index (χ4v) is 2.58. The minimum atomic E-state index is -0.874. The first kappa shape index (κ1) is 14.3. The second-order valence-electron chi connectivity index (χ2n) is 5.96. The van der Waals surface area contributed by atoms with Crippen molar-refractivity contribution >= 4 is 11.8 Å². The van der Waals surface area contributed by atoms with E-state index in [4.69, 9.17) is 5.11 Å². The Hall–Kier alpha value is -2.10. The number of carbonyl (C=O) groups excluding carboxylic acids is 1. The molecule has 106 valence electrons. The van der Waals surface area contributed by atoms with Gasteiger partial charge < -0.3 is 10.0 Å². The van der Waals surface area contributed by atoms with Crippen molar-refractivity contribution < 1.29 is 14.7 Å². The Balaban J connectivity index is 2.22. The molecule has 0 unspecified atom stereocenters. The average molecular weight is 273 g/mol. The van der Waals surface area contributed by atoms with Crippen molar-refractivity contribution in [3.63, 3.8) is 0 Å². The number of nitrogens with zero attached hydrogens (tertiary/aromatic N) is 1. The van der Waals surface area contributed by atoms with Crippen molar-refractivity contribution in [2.75, 3.05) is 13.1 Å². The molecule has 1 fully saturated rings. The molecule has 4 heteroatoms. The smallest absolute Gasteiger partial charge is 0.323 e. The number of aliphatic carboxylic acids is 1. The zero-order valence-electron chi connectivity index (χ0n) is 11.8. The number of carbonyl (C=O) groups is 2. The highest BCUT2D eigenvalue weighted by atomic mass is 16.4. The lowest BCUT2D eigenvalue weighted by molar-refractivity contribution is -0.137. The third-order valence-electron chi connectivity index (χ3n) is 3.37. The Morgan fingerprint density at radius 1 is 1.30 bits per heavy atom. The molecule has 2 rings (SSSR count).